The van der Waals surface area contributed by atoms with Gasteiger partial charge in [0, 0.05) is 11.1 Å². The molecule has 0 amide bonds. The summed E-state index contributed by atoms with van der Waals surface area (Å²) in [6.45, 7) is 11.2. The van der Waals surface area contributed by atoms with Crippen LogP contribution in [0.3, 0.4) is 0 Å². The van der Waals surface area contributed by atoms with Crippen LogP contribution in [0.4, 0.5) is 0 Å². The van der Waals surface area contributed by atoms with E-state index in [9.17, 15) is 4.79 Å². The molecule has 3 N–H and O–H groups in total. The van der Waals surface area contributed by atoms with Crippen molar-refractivity contribution in [1.29, 1.82) is 0 Å². The number of hydrogen-bond donors (Lipinski definition) is 2. The van der Waals surface area contributed by atoms with Gasteiger partial charge < -0.3 is 15.8 Å². The van der Waals surface area contributed by atoms with Crippen LogP contribution in [0.1, 0.15) is 150 Å². The van der Waals surface area contributed by atoms with Gasteiger partial charge in [-0.15, -0.1) is 0 Å². The molecule has 1 saturated heterocycles. The first-order valence-corrected chi connectivity index (χ1v) is 13.9. The molecule has 1 rings (SSSR count). The normalized spacial score (nSPS) is 19.1. The zero-order chi connectivity index (χ0) is 23.9. The molecule has 0 atom stereocenters. The summed E-state index contributed by atoms with van der Waals surface area (Å²) in [5.41, 5.74) is 5.30. The Balaban J connectivity index is 1.95. The molecule has 0 spiro atoms. The Labute approximate surface area is 200 Å². The van der Waals surface area contributed by atoms with E-state index in [1.165, 1.54) is 89.9 Å². The smallest absolute Gasteiger partial charge is 0.326 e. The molecule has 1 aliphatic rings. The molecular formula is C28H56N2O2. The number of rotatable bonds is 18. The summed E-state index contributed by atoms with van der Waals surface area (Å²) in [5, 5.41) is 3.58. The Bertz CT molecular complexity index is 486. The highest BCUT2D eigenvalue weighted by molar-refractivity contribution is 5.81. The largest absolute Gasteiger partial charge is 0.464 e. The van der Waals surface area contributed by atoms with Gasteiger partial charge in [-0.1, -0.05) is 103 Å². The lowest BCUT2D eigenvalue weighted by Gasteiger charge is -2.50. The third-order valence-corrected chi connectivity index (χ3v) is 6.83. The highest BCUT2D eigenvalue weighted by Crippen LogP contribution is 2.35. The number of nitrogens with two attached hydrogens (primary N) is 1. The zero-order valence-electron chi connectivity index (χ0n) is 22.3. The van der Waals surface area contributed by atoms with Crippen molar-refractivity contribution in [2.45, 2.75) is 167 Å². The van der Waals surface area contributed by atoms with E-state index in [-0.39, 0.29) is 17.0 Å². The van der Waals surface area contributed by atoms with Crippen molar-refractivity contribution in [3.05, 3.63) is 0 Å². The van der Waals surface area contributed by atoms with Gasteiger partial charge in [0.2, 0.25) is 0 Å². The maximum absolute atomic E-state index is 12.7. The fourth-order valence-corrected chi connectivity index (χ4v) is 5.75. The van der Waals surface area contributed by atoms with Gasteiger partial charge in [-0.2, -0.15) is 0 Å². The van der Waals surface area contributed by atoms with Crippen LogP contribution in [0.15, 0.2) is 0 Å². The first-order chi connectivity index (χ1) is 15.1. The fraction of sp³-hybridized carbons (Fsp3) is 0.964. The topological polar surface area (TPSA) is 64.3 Å². The van der Waals surface area contributed by atoms with Gasteiger partial charge in [0.15, 0.2) is 0 Å². The van der Waals surface area contributed by atoms with E-state index >= 15 is 0 Å². The molecule has 0 radical (unpaired) electrons. The summed E-state index contributed by atoms with van der Waals surface area (Å²) < 4.78 is 5.60. The molecule has 4 nitrogen and oxygen atoms in total. The van der Waals surface area contributed by atoms with Gasteiger partial charge >= 0.3 is 5.97 Å². The maximum Gasteiger partial charge on any atom is 0.326 e. The number of piperidine rings is 1. The van der Waals surface area contributed by atoms with Crippen molar-refractivity contribution in [3.8, 4) is 0 Å². The minimum absolute atomic E-state index is 0.163. The molecule has 0 aromatic heterocycles. The van der Waals surface area contributed by atoms with Crippen LogP contribution in [0.2, 0.25) is 0 Å². The van der Waals surface area contributed by atoms with Gasteiger partial charge in [0.05, 0.1) is 6.61 Å². The molecule has 32 heavy (non-hydrogen) atoms. The Morgan fingerprint density at radius 3 is 1.41 bits per heavy atom. The molecular weight excluding hydrogens is 396 g/mol. The van der Waals surface area contributed by atoms with Crippen LogP contribution < -0.4 is 11.1 Å². The monoisotopic (exact) mass is 452 g/mol. The van der Waals surface area contributed by atoms with E-state index in [0.29, 0.717) is 19.4 Å². The van der Waals surface area contributed by atoms with Gasteiger partial charge in [-0.25, -0.2) is 0 Å². The third kappa shape index (κ3) is 13.2. The minimum atomic E-state index is -0.882. The van der Waals surface area contributed by atoms with Gasteiger partial charge in [0.25, 0.3) is 0 Å². The van der Waals surface area contributed by atoms with E-state index in [1.54, 1.807) is 0 Å². The van der Waals surface area contributed by atoms with Crippen molar-refractivity contribution in [3.63, 3.8) is 0 Å². The van der Waals surface area contributed by atoms with E-state index in [1.807, 2.05) is 0 Å². The number of ether oxygens (including phenoxy) is 1. The van der Waals surface area contributed by atoms with Crippen LogP contribution in [0.25, 0.3) is 0 Å². The third-order valence-electron chi connectivity index (χ3n) is 6.83. The molecule has 1 aliphatic heterocycles. The lowest BCUT2D eigenvalue weighted by molar-refractivity contribution is -0.154. The lowest BCUT2D eigenvalue weighted by Crippen LogP contribution is -2.69. The highest BCUT2D eigenvalue weighted by atomic mass is 16.5. The van der Waals surface area contributed by atoms with Crippen LogP contribution >= 0.6 is 0 Å². The van der Waals surface area contributed by atoms with Crippen molar-refractivity contribution < 1.29 is 9.53 Å². The second-order valence-electron chi connectivity index (χ2n) is 11.8. The summed E-state index contributed by atoms with van der Waals surface area (Å²) in [4.78, 5) is 12.7. The SMILES string of the molecule is CCCCCCCCCCCCCCCCCCOC(=O)C1(N)CC(C)(C)NC(C)(C)C1. The predicted octanol–water partition coefficient (Wildman–Crippen LogP) is 7.43. The van der Waals surface area contributed by atoms with Crippen LogP contribution in [0.5, 0.6) is 0 Å². The van der Waals surface area contributed by atoms with Gasteiger partial charge in [0.1, 0.15) is 5.54 Å². The van der Waals surface area contributed by atoms with E-state index in [4.69, 9.17) is 10.5 Å². The Hall–Kier alpha value is -0.610. The number of carbonyl (C=O) groups is 1. The summed E-state index contributed by atoms with van der Waals surface area (Å²) in [5.74, 6) is -0.221. The first kappa shape index (κ1) is 29.4. The number of esters is 1. The van der Waals surface area contributed by atoms with Crippen LogP contribution in [0, 0.1) is 0 Å². The highest BCUT2D eigenvalue weighted by Gasteiger charge is 2.50. The Morgan fingerprint density at radius 2 is 1.03 bits per heavy atom. The van der Waals surface area contributed by atoms with Crippen molar-refractivity contribution in [2.24, 2.45) is 5.73 Å². The second kappa shape index (κ2) is 15.3. The van der Waals surface area contributed by atoms with Crippen LogP contribution in [-0.2, 0) is 9.53 Å². The molecule has 0 aliphatic carbocycles. The number of unbranched alkanes of at least 4 members (excludes halogenated alkanes) is 15. The summed E-state index contributed by atoms with van der Waals surface area (Å²) in [7, 11) is 0. The van der Waals surface area contributed by atoms with Gasteiger partial charge in [-0.05, 0) is 47.0 Å². The summed E-state index contributed by atoms with van der Waals surface area (Å²) in [6, 6.07) is 0. The van der Waals surface area contributed by atoms with E-state index < -0.39 is 5.54 Å². The maximum atomic E-state index is 12.7. The fourth-order valence-electron chi connectivity index (χ4n) is 5.75. The molecule has 4 heteroatoms. The second-order valence-corrected chi connectivity index (χ2v) is 11.8. The van der Waals surface area contributed by atoms with Crippen molar-refractivity contribution in [1.82, 2.24) is 5.32 Å². The van der Waals surface area contributed by atoms with E-state index in [0.717, 1.165) is 12.8 Å². The molecule has 0 unspecified atom stereocenters. The lowest BCUT2D eigenvalue weighted by atomic mass is 9.71. The average molecular weight is 453 g/mol. The minimum Gasteiger partial charge on any atom is -0.464 e. The molecule has 0 aromatic rings. The first-order valence-electron chi connectivity index (χ1n) is 13.9. The number of hydrogen-bond acceptors (Lipinski definition) is 4. The summed E-state index contributed by atoms with van der Waals surface area (Å²) in [6.07, 6.45) is 22.8. The van der Waals surface area contributed by atoms with Crippen molar-refractivity contribution >= 4 is 5.97 Å². The average Bonchev–Trinajstić information content (AvgIpc) is 2.67. The number of nitrogens with one attached hydrogen (secondary N) is 1. The Morgan fingerprint density at radius 1 is 0.688 bits per heavy atom. The molecule has 1 heterocycles. The van der Waals surface area contributed by atoms with Crippen LogP contribution in [-0.4, -0.2) is 29.2 Å². The standard InChI is InChI=1S/C28H56N2O2/c1-6-7-8-9-10-11-12-13-14-15-16-17-18-19-20-21-22-32-25(31)28(29)23-26(2,3)30-27(4,5)24-28/h30H,6-24,29H2,1-5H3. The molecule has 0 bridgehead atoms. The van der Waals surface area contributed by atoms with E-state index in [2.05, 4.69) is 39.9 Å². The molecule has 0 saturated carbocycles. The quantitative estimate of drug-likeness (QED) is 0.168. The van der Waals surface area contributed by atoms with Crippen molar-refractivity contribution in [2.75, 3.05) is 6.61 Å². The molecule has 190 valence electrons. The Kier molecular flexibility index (Phi) is 14.1. The zero-order valence-corrected chi connectivity index (χ0v) is 22.3. The predicted molar refractivity (Wildman–Crippen MR) is 138 cm³/mol. The summed E-state index contributed by atoms with van der Waals surface area (Å²) >= 11 is 0. The number of carbonyl (C=O) groups excluding carboxylic acids is 1. The van der Waals surface area contributed by atoms with Gasteiger partial charge in [-0.3, -0.25) is 4.79 Å². The molecule has 1 fully saturated rings. The molecule has 0 aromatic carbocycles.